The third-order valence-corrected chi connectivity index (χ3v) is 1.89. The molecule has 0 fully saturated rings. The minimum absolute atomic E-state index is 0.138. The van der Waals surface area contributed by atoms with Crippen molar-refractivity contribution >= 4 is 27.9 Å². The smallest absolute Gasteiger partial charge is 0.322 e. The number of carbonyl (C=O) groups is 1. The fraction of sp³-hybridized carbons (Fsp3) is 0.625. The zero-order valence-corrected chi connectivity index (χ0v) is 9.88. The molecule has 0 atom stereocenters. The summed E-state index contributed by atoms with van der Waals surface area (Å²) in [5.74, 6) is 0.288. The number of alkyl halides is 1. The van der Waals surface area contributed by atoms with Crippen LogP contribution in [0.2, 0.25) is 0 Å². The molecule has 0 aromatic carbocycles. The highest BCUT2D eigenvalue weighted by Crippen LogP contribution is 2.18. The van der Waals surface area contributed by atoms with Crippen molar-refractivity contribution in [1.82, 2.24) is 10.2 Å². The average Bonchev–Trinajstić information content (AvgIpc) is 2.50. The van der Waals surface area contributed by atoms with Gasteiger partial charge in [-0.2, -0.15) is 0 Å². The monoisotopic (exact) mass is 261 g/mol. The van der Waals surface area contributed by atoms with Crippen LogP contribution in [0, 0.1) is 0 Å². The molecule has 0 saturated heterocycles. The summed E-state index contributed by atoms with van der Waals surface area (Å²) >= 11 is 3.22. The van der Waals surface area contributed by atoms with E-state index in [9.17, 15) is 4.79 Å². The van der Waals surface area contributed by atoms with E-state index >= 15 is 0 Å². The minimum Gasteiger partial charge on any atom is -0.408 e. The lowest BCUT2D eigenvalue weighted by atomic mass is 10.2. The number of halogens is 1. The first-order valence-corrected chi connectivity index (χ1v) is 5.05. The largest absolute Gasteiger partial charge is 0.408 e. The van der Waals surface area contributed by atoms with Crippen molar-refractivity contribution in [2.75, 3.05) is 5.32 Å². The van der Waals surface area contributed by atoms with Gasteiger partial charge in [-0.05, 0) is 13.8 Å². The van der Waals surface area contributed by atoms with Crippen LogP contribution in [-0.2, 0) is 11.2 Å². The second-order valence-corrected chi connectivity index (χ2v) is 5.26. The maximum atomic E-state index is 11.4. The lowest BCUT2D eigenvalue weighted by molar-refractivity contribution is -0.117. The van der Waals surface area contributed by atoms with E-state index in [-0.39, 0.29) is 11.9 Å². The van der Waals surface area contributed by atoms with Gasteiger partial charge in [0.15, 0.2) is 0 Å². The Morgan fingerprint density at radius 1 is 1.57 bits per heavy atom. The van der Waals surface area contributed by atoms with Gasteiger partial charge < -0.3 is 4.42 Å². The normalized spacial score (nSPS) is 11.4. The van der Waals surface area contributed by atoms with Crippen LogP contribution in [0.25, 0.3) is 0 Å². The van der Waals surface area contributed by atoms with Gasteiger partial charge in [-0.1, -0.05) is 28.0 Å². The van der Waals surface area contributed by atoms with Gasteiger partial charge in [-0.25, -0.2) is 0 Å². The molecule has 1 heterocycles. The lowest BCUT2D eigenvalue weighted by Crippen LogP contribution is -2.31. The minimum atomic E-state index is -0.645. The Balaban J connectivity index is 2.65. The maximum Gasteiger partial charge on any atom is 0.322 e. The molecule has 5 nitrogen and oxygen atoms in total. The van der Waals surface area contributed by atoms with Crippen molar-refractivity contribution < 1.29 is 9.21 Å². The van der Waals surface area contributed by atoms with Crippen molar-refractivity contribution in [2.45, 2.75) is 31.5 Å². The number of nitrogens with zero attached hydrogens (tertiary/aromatic N) is 2. The number of amides is 1. The van der Waals surface area contributed by atoms with Gasteiger partial charge in [0.25, 0.3) is 0 Å². The molecule has 6 heteroatoms. The third-order valence-electron chi connectivity index (χ3n) is 1.53. The number of carbonyl (C=O) groups excluding carboxylic acids is 1. The van der Waals surface area contributed by atoms with Gasteiger partial charge in [-0.3, -0.25) is 10.1 Å². The summed E-state index contributed by atoms with van der Waals surface area (Å²) in [5, 5.41) is 9.90. The van der Waals surface area contributed by atoms with E-state index in [1.807, 2.05) is 6.92 Å². The van der Waals surface area contributed by atoms with E-state index in [0.717, 1.165) is 0 Å². The van der Waals surface area contributed by atoms with E-state index in [4.69, 9.17) is 4.42 Å². The number of aromatic nitrogens is 2. The van der Waals surface area contributed by atoms with Crippen molar-refractivity contribution in [3.63, 3.8) is 0 Å². The highest BCUT2D eigenvalue weighted by atomic mass is 79.9. The van der Waals surface area contributed by atoms with Gasteiger partial charge in [0.2, 0.25) is 11.8 Å². The summed E-state index contributed by atoms with van der Waals surface area (Å²) in [6.45, 7) is 5.37. The zero-order valence-electron chi connectivity index (χ0n) is 8.30. The second kappa shape index (κ2) is 4.08. The van der Waals surface area contributed by atoms with Crippen LogP contribution in [0.4, 0.5) is 6.01 Å². The fourth-order valence-electron chi connectivity index (χ4n) is 0.693. The summed E-state index contributed by atoms with van der Waals surface area (Å²) in [6, 6.07) is 0.138. The second-order valence-electron chi connectivity index (χ2n) is 3.28. The first-order chi connectivity index (χ1) is 6.43. The van der Waals surface area contributed by atoms with Gasteiger partial charge in [-0.15, -0.1) is 5.10 Å². The summed E-state index contributed by atoms with van der Waals surface area (Å²) in [5.41, 5.74) is 0. The first-order valence-electron chi connectivity index (χ1n) is 4.26. The van der Waals surface area contributed by atoms with Crippen LogP contribution >= 0.6 is 15.9 Å². The fourth-order valence-corrected chi connectivity index (χ4v) is 0.792. The third kappa shape index (κ3) is 2.80. The molecule has 0 spiro atoms. The molecule has 14 heavy (non-hydrogen) atoms. The summed E-state index contributed by atoms with van der Waals surface area (Å²) < 4.78 is 4.48. The number of hydrogen-bond acceptors (Lipinski definition) is 4. The molecule has 1 aromatic rings. The molecule has 1 rings (SSSR count). The van der Waals surface area contributed by atoms with E-state index < -0.39 is 4.32 Å². The molecule has 0 unspecified atom stereocenters. The summed E-state index contributed by atoms with van der Waals surface area (Å²) in [4.78, 5) is 11.4. The van der Waals surface area contributed by atoms with Crippen LogP contribution < -0.4 is 5.32 Å². The number of anilines is 1. The Labute approximate surface area is 90.4 Å². The molecule has 0 aliphatic heterocycles. The molecule has 0 bridgehead atoms. The molecule has 0 aliphatic carbocycles. The predicted molar refractivity (Wildman–Crippen MR) is 55.3 cm³/mol. The van der Waals surface area contributed by atoms with Crippen LogP contribution in [-0.4, -0.2) is 20.4 Å². The van der Waals surface area contributed by atoms with Crippen LogP contribution in [0.1, 0.15) is 26.7 Å². The van der Waals surface area contributed by atoms with Gasteiger partial charge in [0.1, 0.15) is 0 Å². The Bertz CT molecular complexity index is 330. The van der Waals surface area contributed by atoms with Crippen LogP contribution in [0.3, 0.4) is 0 Å². The molecule has 1 amide bonds. The van der Waals surface area contributed by atoms with Crippen molar-refractivity contribution in [3.8, 4) is 0 Å². The topological polar surface area (TPSA) is 68.0 Å². The number of nitrogens with one attached hydrogen (secondary N) is 1. The molecule has 0 aliphatic rings. The van der Waals surface area contributed by atoms with Gasteiger partial charge >= 0.3 is 6.01 Å². The Hall–Kier alpha value is -0.910. The predicted octanol–water partition coefficient (Wildman–Crippen LogP) is 1.74. The van der Waals surface area contributed by atoms with Crippen LogP contribution in [0.15, 0.2) is 4.42 Å². The summed E-state index contributed by atoms with van der Waals surface area (Å²) in [7, 11) is 0. The average molecular weight is 262 g/mol. The number of rotatable bonds is 3. The Morgan fingerprint density at radius 3 is 2.64 bits per heavy atom. The van der Waals surface area contributed by atoms with Crippen LogP contribution in [0.5, 0.6) is 0 Å². The summed E-state index contributed by atoms with van der Waals surface area (Å²) in [6.07, 6.45) is 0.653. The number of aryl methyl sites for hydroxylation is 1. The highest BCUT2D eigenvalue weighted by Gasteiger charge is 2.25. The van der Waals surface area contributed by atoms with E-state index in [0.29, 0.717) is 12.3 Å². The Kier molecular flexibility index (Phi) is 3.25. The van der Waals surface area contributed by atoms with Crippen molar-refractivity contribution in [3.05, 3.63) is 5.89 Å². The molecule has 0 radical (unpaired) electrons. The van der Waals surface area contributed by atoms with Crippen molar-refractivity contribution in [1.29, 1.82) is 0 Å². The quantitative estimate of drug-likeness (QED) is 0.842. The van der Waals surface area contributed by atoms with Gasteiger partial charge in [0, 0.05) is 6.42 Å². The zero-order chi connectivity index (χ0) is 10.8. The van der Waals surface area contributed by atoms with E-state index in [2.05, 4.69) is 31.4 Å². The lowest BCUT2D eigenvalue weighted by Gasteiger charge is -2.12. The first kappa shape index (κ1) is 11.2. The van der Waals surface area contributed by atoms with Crippen molar-refractivity contribution in [2.24, 2.45) is 0 Å². The molecule has 1 N–H and O–H groups in total. The molecule has 0 saturated carbocycles. The molecular weight excluding hydrogens is 250 g/mol. The van der Waals surface area contributed by atoms with E-state index in [1.54, 1.807) is 13.8 Å². The maximum absolute atomic E-state index is 11.4. The number of hydrogen-bond donors (Lipinski definition) is 1. The molecule has 78 valence electrons. The molecular formula is C8H12BrN3O2. The molecule has 1 aromatic heterocycles. The highest BCUT2D eigenvalue weighted by molar-refractivity contribution is 9.10. The standard InChI is InChI=1S/C8H12BrN3O2/c1-4-5-11-12-7(14-5)10-6(13)8(2,3)9/h4H2,1-3H3,(H,10,12,13). The van der Waals surface area contributed by atoms with E-state index in [1.165, 1.54) is 0 Å². The SMILES string of the molecule is CCc1nnc(NC(=O)C(C)(C)Br)o1. The Morgan fingerprint density at radius 2 is 2.21 bits per heavy atom. The van der Waals surface area contributed by atoms with Gasteiger partial charge in [0.05, 0.1) is 4.32 Å².